The second-order valence-electron chi connectivity index (χ2n) is 9.35. The van der Waals surface area contributed by atoms with Crippen LogP contribution in [-0.4, -0.2) is 140 Å². The quantitative estimate of drug-likeness (QED) is 0.0573. The van der Waals surface area contributed by atoms with Gasteiger partial charge in [0.15, 0.2) is 29.5 Å². The molecule has 32 nitrogen and oxygen atoms in total. The van der Waals surface area contributed by atoms with E-state index in [9.17, 15) is 45.7 Å². The second-order valence-corrected chi connectivity index (χ2v) is 28.3. The van der Waals surface area contributed by atoms with Crippen LogP contribution in [0.3, 0.4) is 0 Å². The fraction of sp³-hybridized carbons (Fsp3) is 1.00. The Morgan fingerprint density at radius 3 is 0.358 bits per heavy atom. The van der Waals surface area contributed by atoms with E-state index in [-0.39, 0.29) is 0 Å². The summed E-state index contributed by atoms with van der Waals surface area (Å²) in [5.74, 6) is -6.88. The van der Waals surface area contributed by atoms with Crippen LogP contribution in [0.2, 0.25) is 0 Å². The van der Waals surface area contributed by atoms with Gasteiger partial charge < -0.3 is 109 Å². The van der Waals surface area contributed by atoms with Gasteiger partial charge in [0, 0.05) is 0 Å². The lowest BCUT2D eigenvalue weighted by molar-refractivity contribution is 0.352. The van der Waals surface area contributed by atoms with E-state index in [0.717, 1.165) is 25.9 Å². The Morgan fingerprint density at radius 2 is 0.321 bits per heavy atom. The highest BCUT2D eigenvalue weighted by molar-refractivity contribution is 7.71. The highest BCUT2D eigenvalue weighted by Gasteiger charge is 2.29. The van der Waals surface area contributed by atoms with Crippen molar-refractivity contribution in [2.45, 2.75) is 25.7 Å². The van der Waals surface area contributed by atoms with E-state index in [2.05, 4.69) is 0 Å². The van der Waals surface area contributed by atoms with E-state index in [1.807, 2.05) is 0 Å². The number of rotatable bonds is 15. The average Bonchev–Trinajstić information content (AvgIpc) is 2.65. The van der Waals surface area contributed by atoms with Crippen molar-refractivity contribution in [1.29, 1.82) is 0 Å². The Hall–Kier alpha value is 1.42. The molecule has 24 N–H and O–H groups in total. The van der Waals surface area contributed by atoms with Crippen LogP contribution in [0.5, 0.6) is 0 Å². The maximum Gasteiger partial charge on any atom is 0.337 e. The molecule has 0 aliphatic carbocycles. The molecular formula is C11H46N2O30P10. The zero-order chi connectivity index (χ0) is 44.8. The lowest BCUT2D eigenvalue weighted by Crippen LogP contribution is -2.00. The molecule has 0 atom stereocenters. The van der Waals surface area contributed by atoms with Gasteiger partial charge in [-0.1, -0.05) is 12.8 Å². The predicted octanol–water partition coefficient (Wildman–Crippen LogP) is -3.04. The molecule has 0 fully saturated rings. The molecule has 0 bridgehead atoms. The topological polar surface area (TPSA) is 627 Å². The van der Waals surface area contributed by atoms with Gasteiger partial charge in [-0.3, -0.25) is 45.7 Å². The summed E-state index contributed by atoms with van der Waals surface area (Å²) in [6.45, 7) is 1.65. The molecule has 0 radical (unpaired) electrons. The molecule has 0 aliphatic heterocycles. The minimum atomic E-state index is -4.55. The molecule has 0 heterocycles. The summed E-state index contributed by atoms with van der Waals surface area (Å²) in [6.07, 6.45) is 4.79. The zero-order valence-corrected chi connectivity index (χ0v) is 35.4. The largest absolute Gasteiger partial charge is 0.337 e. The molecule has 0 aromatic rings. The summed E-state index contributed by atoms with van der Waals surface area (Å²) in [4.78, 5) is 159. The molecule has 0 aliphatic rings. The van der Waals surface area contributed by atoms with Crippen molar-refractivity contribution in [3.63, 3.8) is 0 Å². The molecule has 53 heavy (non-hydrogen) atoms. The smallest absolute Gasteiger partial charge is 0.330 e. The summed E-state index contributed by atoms with van der Waals surface area (Å²) in [5, 5.41) is 0. The van der Waals surface area contributed by atoms with Crippen LogP contribution < -0.4 is 11.5 Å². The van der Waals surface area contributed by atoms with Crippen molar-refractivity contribution >= 4 is 76.0 Å². The van der Waals surface area contributed by atoms with Crippen molar-refractivity contribution in [1.82, 2.24) is 0 Å². The summed E-state index contributed by atoms with van der Waals surface area (Å²) < 4.78 is 98.5. The van der Waals surface area contributed by atoms with E-state index in [4.69, 9.17) is 109 Å². The molecule has 0 rings (SSSR count). The maximum absolute atomic E-state index is 9.85. The fourth-order valence-corrected chi connectivity index (χ4v) is 11.4. The normalized spacial score (nSPS) is 13.2. The SMILES string of the molecule is NCCCCCCN.O=P(O)(O)CP(=O)(O)O.O=P(O)(O)CP(=O)(O)O.O=P(O)(O)CP(=O)(O)O.O=P(O)(O)CP(=O)(O)O.O=P(O)(O)CP(=O)(O)O. The molecule has 42 heteroatoms. The van der Waals surface area contributed by atoms with Crippen molar-refractivity contribution in [2.75, 3.05) is 42.6 Å². The first kappa shape index (κ1) is 66.2. The second kappa shape index (κ2) is 28.0. The minimum absolute atomic E-state index is 0.824. The van der Waals surface area contributed by atoms with Crippen molar-refractivity contribution in [2.24, 2.45) is 11.5 Å². The van der Waals surface area contributed by atoms with Crippen molar-refractivity contribution in [3.05, 3.63) is 0 Å². The van der Waals surface area contributed by atoms with E-state index >= 15 is 0 Å². The first-order valence-corrected chi connectivity index (χ1v) is 30.3. The van der Waals surface area contributed by atoms with Crippen LogP contribution in [0.15, 0.2) is 0 Å². The Kier molecular flexibility index (Phi) is 35.0. The van der Waals surface area contributed by atoms with E-state index in [0.29, 0.717) is 0 Å². The molecule has 0 aromatic heterocycles. The van der Waals surface area contributed by atoms with Gasteiger partial charge in [-0.05, 0) is 25.9 Å². The summed E-state index contributed by atoms with van der Waals surface area (Å²) in [5.41, 5.74) is 10.6. The number of unbranched alkanes of at least 4 members (excludes halogenated alkanes) is 3. The van der Waals surface area contributed by atoms with E-state index in [1.165, 1.54) is 12.8 Å². The van der Waals surface area contributed by atoms with E-state index < -0.39 is 105 Å². The summed E-state index contributed by atoms with van der Waals surface area (Å²) >= 11 is 0. The molecule has 0 unspecified atom stereocenters. The molecule has 330 valence electrons. The van der Waals surface area contributed by atoms with Crippen LogP contribution in [0, 0.1) is 0 Å². The molecule has 0 saturated heterocycles. The predicted molar refractivity (Wildman–Crippen MR) is 181 cm³/mol. The monoisotopic (exact) mass is 996 g/mol. The Balaban J connectivity index is -0.000000125. The lowest BCUT2D eigenvalue weighted by Gasteiger charge is -2.03. The third-order valence-electron chi connectivity index (χ3n) is 3.00. The maximum atomic E-state index is 9.85. The van der Waals surface area contributed by atoms with Gasteiger partial charge >= 0.3 is 76.0 Å². The van der Waals surface area contributed by atoms with Crippen LogP contribution in [-0.2, 0) is 45.7 Å². The van der Waals surface area contributed by atoms with Gasteiger partial charge in [0.2, 0.25) is 0 Å². The number of hydrogen-bond donors (Lipinski definition) is 22. The summed E-state index contributed by atoms with van der Waals surface area (Å²) in [7, 11) is -45.5. The molecular weight excluding hydrogens is 950 g/mol. The Morgan fingerprint density at radius 1 is 0.226 bits per heavy atom. The van der Waals surface area contributed by atoms with Crippen LogP contribution >= 0.6 is 76.0 Å². The molecule has 0 amide bonds. The van der Waals surface area contributed by atoms with Crippen LogP contribution in [0.25, 0.3) is 0 Å². The van der Waals surface area contributed by atoms with Gasteiger partial charge in [-0.25, -0.2) is 0 Å². The van der Waals surface area contributed by atoms with Gasteiger partial charge in [0.1, 0.15) is 0 Å². The van der Waals surface area contributed by atoms with Gasteiger partial charge in [-0.2, -0.15) is 0 Å². The lowest BCUT2D eigenvalue weighted by atomic mass is 10.2. The highest BCUT2D eigenvalue weighted by atomic mass is 31.3. The molecule has 0 aromatic carbocycles. The number of nitrogens with two attached hydrogens (primary N) is 2. The molecule has 0 spiro atoms. The Bertz CT molecular complexity index is 1120. The van der Waals surface area contributed by atoms with Crippen molar-refractivity contribution < 1.29 is 144 Å². The third-order valence-corrected chi connectivity index (χ3v) is 17.7. The van der Waals surface area contributed by atoms with Crippen LogP contribution in [0.1, 0.15) is 25.7 Å². The highest BCUT2D eigenvalue weighted by Crippen LogP contribution is 2.54. The van der Waals surface area contributed by atoms with Gasteiger partial charge in [0.25, 0.3) is 0 Å². The van der Waals surface area contributed by atoms with Gasteiger partial charge in [-0.15, -0.1) is 0 Å². The third kappa shape index (κ3) is 106. The van der Waals surface area contributed by atoms with E-state index in [1.54, 1.807) is 0 Å². The van der Waals surface area contributed by atoms with Gasteiger partial charge in [0.05, 0.1) is 0 Å². The first-order chi connectivity index (χ1) is 22.4. The fourth-order valence-electron chi connectivity index (χ4n) is 1.84. The number of hydrogen-bond acceptors (Lipinski definition) is 12. The van der Waals surface area contributed by atoms with Crippen LogP contribution in [0.4, 0.5) is 0 Å². The first-order valence-electron chi connectivity index (χ1n) is 12.3. The summed E-state index contributed by atoms with van der Waals surface area (Å²) in [6, 6.07) is 0. The van der Waals surface area contributed by atoms with Crippen molar-refractivity contribution in [3.8, 4) is 0 Å². The zero-order valence-electron chi connectivity index (χ0n) is 26.4. The standard InChI is InChI=1S/C6H16N2.5CH6O6P2/c7-5-3-1-2-4-6-8;5*2-8(3,4)1-9(5,6)7/h1-8H2;5*1H2,(H2,2,3,4)(H2,5,6,7). The Labute approximate surface area is 299 Å². The average molecular weight is 996 g/mol. The molecule has 0 saturated carbocycles. The minimum Gasteiger partial charge on any atom is -0.330 e.